The molecule has 1 fully saturated rings. The third-order valence-corrected chi connectivity index (χ3v) is 5.75. The Balaban J connectivity index is 1.36. The fraction of sp³-hybridized carbons (Fsp3) is 0.320. The van der Waals surface area contributed by atoms with E-state index in [1.54, 1.807) is 0 Å². The van der Waals surface area contributed by atoms with Gasteiger partial charge in [-0.05, 0) is 68.1 Å². The lowest BCUT2D eigenvalue weighted by molar-refractivity contribution is -0.122. The molecule has 6 heteroatoms. The number of nitrogens with zero attached hydrogens (tertiary/aromatic N) is 2. The van der Waals surface area contributed by atoms with Gasteiger partial charge in [-0.15, -0.1) is 0 Å². The fourth-order valence-corrected chi connectivity index (χ4v) is 3.78. The Morgan fingerprint density at radius 2 is 1.81 bits per heavy atom. The Labute approximate surface area is 182 Å². The number of carbonyl (C=O) groups is 2. The Bertz CT molecular complexity index is 1100. The van der Waals surface area contributed by atoms with E-state index in [1.807, 2.05) is 73.1 Å². The van der Waals surface area contributed by atoms with Crippen molar-refractivity contribution in [2.75, 3.05) is 5.32 Å². The summed E-state index contributed by atoms with van der Waals surface area (Å²) >= 11 is 0. The van der Waals surface area contributed by atoms with Crippen LogP contribution in [0.4, 0.5) is 5.69 Å². The molecule has 6 nitrogen and oxygen atoms in total. The van der Waals surface area contributed by atoms with Gasteiger partial charge < -0.3 is 10.6 Å². The van der Waals surface area contributed by atoms with Crippen LogP contribution in [0, 0.1) is 19.8 Å². The maximum Gasteiger partial charge on any atom is 0.251 e. The zero-order valence-electron chi connectivity index (χ0n) is 18.0. The van der Waals surface area contributed by atoms with Gasteiger partial charge >= 0.3 is 0 Å². The lowest BCUT2D eigenvalue weighted by Crippen LogP contribution is -2.28. The number of amides is 2. The summed E-state index contributed by atoms with van der Waals surface area (Å²) in [5.74, 6) is 0.107. The van der Waals surface area contributed by atoms with Gasteiger partial charge in [-0.3, -0.25) is 14.3 Å². The minimum atomic E-state index is -0.126. The number of hydrogen-bond acceptors (Lipinski definition) is 3. The lowest BCUT2D eigenvalue weighted by atomic mass is 9.85. The molecule has 3 aromatic rings. The zero-order chi connectivity index (χ0) is 21.8. The summed E-state index contributed by atoms with van der Waals surface area (Å²) in [5.41, 5.74) is 5.44. The van der Waals surface area contributed by atoms with Gasteiger partial charge in [0.15, 0.2) is 0 Å². The van der Waals surface area contributed by atoms with Crippen molar-refractivity contribution in [2.45, 2.75) is 46.2 Å². The van der Waals surface area contributed by atoms with Crippen molar-refractivity contribution in [2.24, 2.45) is 5.92 Å². The van der Waals surface area contributed by atoms with Gasteiger partial charge in [-0.1, -0.05) is 30.7 Å². The minimum absolute atomic E-state index is 0.0897. The van der Waals surface area contributed by atoms with E-state index in [0.717, 1.165) is 47.5 Å². The van der Waals surface area contributed by atoms with Crippen molar-refractivity contribution < 1.29 is 9.59 Å². The van der Waals surface area contributed by atoms with E-state index in [-0.39, 0.29) is 17.7 Å². The number of aromatic nitrogens is 2. The van der Waals surface area contributed by atoms with Crippen molar-refractivity contribution in [1.82, 2.24) is 15.1 Å². The second kappa shape index (κ2) is 9.16. The normalized spacial score (nSPS) is 13.5. The van der Waals surface area contributed by atoms with Gasteiger partial charge in [0.1, 0.15) is 0 Å². The Hall–Kier alpha value is -3.41. The number of rotatable bonds is 7. The molecule has 1 aromatic heterocycles. The van der Waals surface area contributed by atoms with Crippen LogP contribution in [0.3, 0.4) is 0 Å². The maximum atomic E-state index is 12.7. The molecule has 160 valence electrons. The molecule has 0 spiro atoms. The molecule has 0 radical (unpaired) electrons. The third-order valence-electron chi connectivity index (χ3n) is 5.75. The molecule has 0 atom stereocenters. The van der Waals surface area contributed by atoms with E-state index in [0.29, 0.717) is 18.7 Å². The maximum absolute atomic E-state index is 12.7. The Morgan fingerprint density at radius 3 is 2.52 bits per heavy atom. The summed E-state index contributed by atoms with van der Waals surface area (Å²) < 4.78 is 1.94. The fourth-order valence-electron chi connectivity index (χ4n) is 3.78. The van der Waals surface area contributed by atoms with Crippen LogP contribution in [-0.2, 0) is 17.9 Å². The van der Waals surface area contributed by atoms with Crippen LogP contribution >= 0.6 is 0 Å². The molecular weight excluding hydrogens is 388 g/mol. The van der Waals surface area contributed by atoms with Crippen molar-refractivity contribution in [1.29, 1.82) is 0 Å². The SMILES string of the molecule is Cc1cc(C)n(Cc2cccc(C(=O)NCc3cccc(NC(=O)C4CCC4)c3)c2)n1. The van der Waals surface area contributed by atoms with Crippen LogP contribution in [0.1, 0.15) is 52.1 Å². The first-order valence-corrected chi connectivity index (χ1v) is 10.8. The zero-order valence-corrected chi connectivity index (χ0v) is 18.0. The molecular formula is C25H28N4O2. The molecule has 1 saturated carbocycles. The van der Waals surface area contributed by atoms with Crippen LogP contribution in [0.25, 0.3) is 0 Å². The largest absolute Gasteiger partial charge is 0.348 e. The molecule has 0 saturated heterocycles. The molecule has 4 rings (SSSR count). The highest BCUT2D eigenvalue weighted by molar-refractivity contribution is 5.94. The minimum Gasteiger partial charge on any atom is -0.348 e. The second-order valence-corrected chi connectivity index (χ2v) is 8.29. The number of aryl methyl sites for hydroxylation is 2. The molecule has 0 aliphatic heterocycles. The average molecular weight is 417 g/mol. The van der Waals surface area contributed by atoms with Gasteiger partial charge in [0.25, 0.3) is 5.91 Å². The second-order valence-electron chi connectivity index (χ2n) is 8.29. The summed E-state index contributed by atoms with van der Waals surface area (Å²) in [6, 6.07) is 17.3. The smallest absolute Gasteiger partial charge is 0.251 e. The standard InChI is InChI=1S/C25H28N4O2/c1-17-12-18(2)29(28-17)16-20-7-3-10-22(13-20)24(30)26-15-19-6-4-11-23(14-19)27-25(31)21-8-5-9-21/h3-4,6-7,10-14,21H,5,8-9,15-16H2,1-2H3,(H,26,30)(H,27,31). The van der Waals surface area contributed by atoms with E-state index in [9.17, 15) is 9.59 Å². The Morgan fingerprint density at radius 1 is 1.03 bits per heavy atom. The van der Waals surface area contributed by atoms with E-state index in [1.165, 1.54) is 0 Å². The molecule has 1 heterocycles. The summed E-state index contributed by atoms with van der Waals surface area (Å²) in [6.07, 6.45) is 3.08. The summed E-state index contributed by atoms with van der Waals surface area (Å²) in [6.45, 7) is 5.03. The number of carbonyl (C=O) groups excluding carboxylic acids is 2. The topological polar surface area (TPSA) is 76.0 Å². The van der Waals surface area contributed by atoms with Gasteiger partial charge in [-0.2, -0.15) is 5.10 Å². The molecule has 2 aromatic carbocycles. The first kappa shape index (κ1) is 20.8. The third kappa shape index (κ3) is 5.20. The molecule has 2 amide bonds. The van der Waals surface area contributed by atoms with Crippen molar-refractivity contribution in [3.63, 3.8) is 0 Å². The monoisotopic (exact) mass is 416 g/mol. The first-order valence-electron chi connectivity index (χ1n) is 10.8. The molecule has 1 aliphatic carbocycles. The predicted octanol–water partition coefficient (Wildman–Crippen LogP) is 4.22. The van der Waals surface area contributed by atoms with E-state index in [2.05, 4.69) is 15.7 Å². The van der Waals surface area contributed by atoms with Crippen molar-refractivity contribution in [3.05, 3.63) is 82.7 Å². The van der Waals surface area contributed by atoms with Crippen molar-refractivity contribution in [3.8, 4) is 0 Å². The molecule has 2 N–H and O–H groups in total. The van der Waals surface area contributed by atoms with Crippen LogP contribution in [0.2, 0.25) is 0 Å². The van der Waals surface area contributed by atoms with Crippen molar-refractivity contribution >= 4 is 17.5 Å². The molecule has 0 unspecified atom stereocenters. The summed E-state index contributed by atoms with van der Waals surface area (Å²) in [7, 11) is 0. The van der Waals surface area contributed by atoms with Crippen LogP contribution in [0.15, 0.2) is 54.6 Å². The highest BCUT2D eigenvalue weighted by Crippen LogP contribution is 2.27. The van der Waals surface area contributed by atoms with Gasteiger partial charge in [0.05, 0.1) is 12.2 Å². The lowest BCUT2D eigenvalue weighted by Gasteiger charge is -2.24. The number of anilines is 1. The summed E-state index contributed by atoms with van der Waals surface area (Å²) in [4.78, 5) is 24.8. The molecule has 1 aliphatic rings. The summed E-state index contributed by atoms with van der Waals surface area (Å²) in [5, 5.41) is 10.4. The number of hydrogen-bond donors (Lipinski definition) is 2. The van der Waals surface area contributed by atoms with Gasteiger partial charge in [-0.25, -0.2) is 0 Å². The van der Waals surface area contributed by atoms with Gasteiger partial charge in [0.2, 0.25) is 5.91 Å². The predicted molar refractivity (Wildman–Crippen MR) is 121 cm³/mol. The van der Waals surface area contributed by atoms with Gasteiger partial charge in [0, 0.05) is 29.4 Å². The van der Waals surface area contributed by atoms with E-state index in [4.69, 9.17) is 0 Å². The van der Waals surface area contributed by atoms with Crippen LogP contribution in [0.5, 0.6) is 0 Å². The first-order chi connectivity index (χ1) is 15.0. The molecule has 31 heavy (non-hydrogen) atoms. The van der Waals surface area contributed by atoms with Crippen LogP contribution < -0.4 is 10.6 Å². The highest BCUT2D eigenvalue weighted by Gasteiger charge is 2.25. The molecule has 0 bridgehead atoms. The van der Waals surface area contributed by atoms with E-state index < -0.39 is 0 Å². The van der Waals surface area contributed by atoms with Crippen LogP contribution in [-0.4, -0.2) is 21.6 Å². The quantitative estimate of drug-likeness (QED) is 0.606. The number of benzene rings is 2. The number of nitrogens with one attached hydrogen (secondary N) is 2. The average Bonchev–Trinajstić information content (AvgIpc) is 3.02. The Kier molecular flexibility index (Phi) is 6.16. The highest BCUT2D eigenvalue weighted by atomic mass is 16.2. The van der Waals surface area contributed by atoms with E-state index >= 15 is 0 Å².